The summed E-state index contributed by atoms with van der Waals surface area (Å²) < 4.78 is 0. The third kappa shape index (κ3) is 1.13. The molecule has 1 aliphatic rings. The molecule has 74 valence electrons. The summed E-state index contributed by atoms with van der Waals surface area (Å²) in [6.07, 6.45) is 0.882. The van der Waals surface area contributed by atoms with Crippen LogP contribution in [0.5, 0.6) is 0 Å². The molecule has 1 heteroatoms. The standard InChI is InChI=1S/C14H12O/c1-9-8-11-6-2-4-10-5-3-7-12(13(10)11)14(9)15/h2-7,9H,8H2,1H3. The molecular weight excluding hydrogens is 184 g/mol. The SMILES string of the molecule is CC1Cc2cccc3cccc(c23)C1=O. The number of carbonyl (C=O) groups is 1. The minimum absolute atomic E-state index is 0.130. The molecule has 0 bridgehead atoms. The number of carbonyl (C=O) groups excluding carboxylic acids is 1. The van der Waals surface area contributed by atoms with Gasteiger partial charge in [0.05, 0.1) is 0 Å². The lowest BCUT2D eigenvalue weighted by Crippen LogP contribution is -2.19. The first kappa shape index (κ1) is 8.66. The second-order valence-corrected chi connectivity index (χ2v) is 4.29. The molecule has 0 heterocycles. The highest BCUT2D eigenvalue weighted by Gasteiger charge is 2.24. The Hall–Kier alpha value is -1.63. The second-order valence-electron chi connectivity index (χ2n) is 4.29. The fraction of sp³-hybridized carbons (Fsp3) is 0.214. The van der Waals surface area contributed by atoms with E-state index in [4.69, 9.17) is 0 Å². The van der Waals surface area contributed by atoms with Crippen LogP contribution in [-0.4, -0.2) is 5.78 Å². The average molecular weight is 196 g/mol. The van der Waals surface area contributed by atoms with Gasteiger partial charge in [0.1, 0.15) is 0 Å². The van der Waals surface area contributed by atoms with E-state index in [1.807, 2.05) is 19.1 Å². The maximum Gasteiger partial charge on any atom is 0.166 e. The number of rotatable bonds is 0. The van der Waals surface area contributed by atoms with Crippen LogP contribution in [0.4, 0.5) is 0 Å². The molecule has 1 atom stereocenters. The molecule has 0 amide bonds. The lowest BCUT2D eigenvalue weighted by atomic mass is 9.82. The maximum atomic E-state index is 12.0. The van der Waals surface area contributed by atoms with Gasteiger partial charge in [-0.3, -0.25) is 4.79 Å². The van der Waals surface area contributed by atoms with Crippen LogP contribution in [0.3, 0.4) is 0 Å². The van der Waals surface area contributed by atoms with Gasteiger partial charge in [0.25, 0.3) is 0 Å². The van der Waals surface area contributed by atoms with E-state index >= 15 is 0 Å². The highest BCUT2D eigenvalue weighted by molar-refractivity contribution is 6.12. The van der Waals surface area contributed by atoms with Gasteiger partial charge in [-0.25, -0.2) is 0 Å². The molecule has 0 saturated carbocycles. The molecule has 0 N–H and O–H groups in total. The van der Waals surface area contributed by atoms with Crippen molar-refractivity contribution < 1.29 is 4.79 Å². The van der Waals surface area contributed by atoms with Crippen molar-refractivity contribution in [1.29, 1.82) is 0 Å². The average Bonchev–Trinajstić information content (AvgIpc) is 2.26. The van der Waals surface area contributed by atoms with Crippen molar-refractivity contribution in [2.24, 2.45) is 5.92 Å². The third-order valence-electron chi connectivity index (χ3n) is 3.23. The van der Waals surface area contributed by atoms with Crippen LogP contribution in [-0.2, 0) is 6.42 Å². The number of ketones is 1. The van der Waals surface area contributed by atoms with Crippen molar-refractivity contribution in [3.8, 4) is 0 Å². The van der Waals surface area contributed by atoms with Gasteiger partial charge in [-0.05, 0) is 22.8 Å². The van der Waals surface area contributed by atoms with Crippen LogP contribution in [0.15, 0.2) is 36.4 Å². The van der Waals surface area contributed by atoms with Crippen LogP contribution in [0.25, 0.3) is 10.8 Å². The second kappa shape index (κ2) is 2.93. The van der Waals surface area contributed by atoms with Gasteiger partial charge < -0.3 is 0 Å². The predicted octanol–water partition coefficient (Wildman–Crippen LogP) is 3.21. The Morgan fingerprint density at radius 1 is 1.13 bits per heavy atom. The zero-order valence-electron chi connectivity index (χ0n) is 8.66. The Balaban J connectivity index is 2.46. The van der Waals surface area contributed by atoms with Crippen molar-refractivity contribution in [2.45, 2.75) is 13.3 Å². The Labute approximate surface area is 88.7 Å². The summed E-state index contributed by atoms with van der Waals surface area (Å²) in [4.78, 5) is 12.0. The molecular formula is C14H12O. The van der Waals surface area contributed by atoms with Crippen LogP contribution in [0.2, 0.25) is 0 Å². The zero-order chi connectivity index (χ0) is 10.4. The van der Waals surface area contributed by atoms with E-state index < -0.39 is 0 Å². The van der Waals surface area contributed by atoms with E-state index in [-0.39, 0.29) is 5.92 Å². The molecule has 0 aromatic heterocycles. The summed E-state index contributed by atoms with van der Waals surface area (Å²) in [6.45, 7) is 2.01. The Bertz CT molecular complexity index is 549. The molecule has 0 aliphatic heterocycles. The number of hydrogen-bond acceptors (Lipinski definition) is 1. The summed E-state index contributed by atoms with van der Waals surface area (Å²) in [5, 5.41) is 2.35. The van der Waals surface area contributed by atoms with Gasteiger partial charge in [0.15, 0.2) is 5.78 Å². The molecule has 0 saturated heterocycles. The lowest BCUT2D eigenvalue weighted by molar-refractivity contribution is 0.0927. The number of Topliss-reactive ketones (excluding diaryl/α,β-unsaturated/α-hetero) is 1. The van der Waals surface area contributed by atoms with Gasteiger partial charge in [0.2, 0.25) is 0 Å². The quantitative estimate of drug-likeness (QED) is 0.632. The summed E-state index contributed by atoms with van der Waals surface area (Å²) in [5.74, 6) is 0.421. The van der Waals surface area contributed by atoms with E-state index in [0.717, 1.165) is 12.0 Å². The van der Waals surface area contributed by atoms with Crippen LogP contribution in [0.1, 0.15) is 22.8 Å². The van der Waals surface area contributed by atoms with Crippen LogP contribution < -0.4 is 0 Å². The number of benzene rings is 2. The Morgan fingerprint density at radius 2 is 1.87 bits per heavy atom. The van der Waals surface area contributed by atoms with Gasteiger partial charge in [-0.1, -0.05) is 43.3 Å². The molecule has 1 aliphatic carbocycles. The van der Waals surface area contributed by atoms with E-state index in [1.54, 1.807) is 0 Å². The van der Waals surface area contributed by atoms with Crippen molar-refractivity contribution in [2.75, 3.05) is 0 Å². The molecule has 2 aromatic carbocycles. The Kier molecular flexibility index (Phi) is 1.69. The van der Waals surface area contributed by atoms with Crippen molar-refractivity contribution in [3.05, 3.63) is 47.5 Å². The summed E-state index contributed by atoms with van der Waals surface area (Å²) in [7, 11) is 0. The van der Waals surface area contributed by atoms with Gasteiger partial charge in [0, 0.05) is 11.5 Å². The van der Waals surface area contributed by atoms with Crippen molar-refractivity contribution >= 4 is 16.6 Å². The van der Waals surface area contributed by atoms with Crippen molar-refractivity contribution in [3.63, 3.8) is 0 Å². The van der Waals surface area contributed by atoms with Gasteiger partial charge in [-0.2, -0.15) is 0 Å². The fourth-order valence-electron chi connectivity index (χ4n) is 2.48. The summed E-state index contributed by atoms with van der Waals surface area (Å²) >= 11 is 0. The highest BCUT2D eigenvalue weighted by Crippen LogP contribution is 2.31. The first-order chi connectivity index (χ1) is 7.27. The molecule has 1 nitrogen and oxygen atoms in total. The smallest absolute Gasteiger partial charge is 0.166 e. The van der Waals surface area contributed by atoms with Crippen LogP contribution >= 0.6 is 0 Å². The summed E-state index contributed by atoms with van der Waals surface area (Å²) in [6, 6.07) is 12.3. The first-order valence-corrected chi connectivity index (χ1v) is 5.32. The zero-order valence-corrected chi connectivity index (χ0v) is 8.66. The Morgan fingerprint density at radius 3 is 2.67 bits per heavy atom. The lowest BCUT2D eigenvalue weighted by Gasteiger charge is -2.20. The largest absolute Gasteiger partial charge is 0.294 e. The molecule has 2 aromatic rings. The topological polar surface area (TPSA) is 17.1 Å². The van der Waals surface area contributed by atoms with Gasteiger partial charge in [-0.15, -0.1) is 0 Å². The maximum absolute atomic E-state index is 12.0. The minimum Gasteiger partial charge on any atom is -0.294 e. The van der Waals surface area contributed by atoms with E-state index in [9.17, 15) is 4.79 Å². The normalized spacial score (nSPS) is 19.5. The van der Waals surface area contributed by atoms with E-state index in [0.29, 0.717) is 5.78 Å². The monoisotopic (exact) mass is 196 g/mol. The molecule has 0 spiro atoms. The van der Waals surface area contributed by atoms with Crippen LogP contribution in [0, 0.1) is 5.92 Å². The molecule has 0 radical (unpaired) electrons. The van der Waals surface area contributed by atoms with E-state index in [1.165, 1.54) is 16.3 Å². The predicted molar refractivity (Wildman–Crippen MR) is 61.1 cm³/mol. The minimum atomic E-state index is 0.130. The highest BCUT2D eigenvalue weighted by atomic mass is 16.1. The van der Waals surface area contributed by atoms with Gasteiger partial charge >= 0.3 is 0 Å². The summed E-state index contributed by atoms with van der Waals surface area (Å²) in [5.41, 5.74) is 2.22. The van der Waals surface area contributed by atoms with E-state index in [2.05, 4.69) is 24.3 Å². The molecule has 15 heavy (non-hydrogen) atoms. The third-order valence-corrected chi connectivity index (χ3v) is 3.23. The van der Waals surface area contributed by atoms with Crippen molar-refractivity contribution in [1.82, 2.24) is 0 Å². The fourth-order valence-corrected chi connectivity index (χ4v) is 2.48. The first-order valence-electron chi connectivity index (χ1n) is 5.32. The molecule has 1 unspecified atom stereocenters. The molecule has 0 fully saturated rings. The molecule has 3 rings (SSSR count). The number of hydrogen-bond donors (Lipinski definition) is 0.